The highest BCUT2D eigenvalue weighted by molar-refractivity contribution is 7.80. The van der Waals surface area contributed by atoms with Gasteiger partial charge in [0.05, 0.1) is 0 Å². The molecule has 0 fully saturated rings. The molecule has 0 radical (unpaired) electrons. The first-order valence-corrected chi connectivity index (χ1v) is 5.56. The highest BCUT2D eigenvalue weighted by Crippen LogP contribution is 2.14. The molecule has 0 saturated carbocycles. The fraction of sp³-hybridized carbons (Fsp3) is 0.800. The Morgan fingerprint density at radius 1 is 1.43 bits per heavy atom. The van der Waals surface area contributed by atoms with E-state index in [1.54, 1.807) is 7.05 Å². The topological polar surface area (TPSA) is 41.1 Å². The van der Waals surface area contributed by atoms with Gasteiger partial charge in [0.15, 0.2) is 5.11 Å². The third-order valence-corrected chi connectivity index (χ3v) is 2.53. The SMILES string of the molecule is CCCC(CC)CC(=O)NC(=S)NC. The predicted molar refractivity (Wildman–Crippen MR) is 63.1 cm³/mol. The van der Waals surface area contributed by atoms with Crippen molar-refractivity contribution in [2.45, 2.75) is 39.5 Å². The summed E-state index contributed by atoms with van der Waals surface area (Å²) in [6, 6.07) is 0. The molecule has 14 heavy (non-hydrogen) atoms. The lowest BCUT2D eigenvalue weighted by molar-refractivity contribution is -0.120. The van der Waals surface area contributed by atoms with Gasteiger partial charge >= 0.3 is 0 Å². The lowest BCUT2D eigenvalue weighted by Gasteiger charge is -2.13. The maximum Gasteiger partial charge on any atom is 0.226 e. The van der Waals surface area contributed by atoms with Crippen molar-refractivity contribution in [2.24, 2.45) is 5.92 Å². The molecule has 2 N–H and O–H groups in total. The average molecular weight is 216 g/mol. The molecule has 0 bridgehead atoms. The first-order chi connectivity index (χ1) is 6.63. The first-order valence-electron chi connectivity index (χ1n) is 5.15. The van der Waals surface area contributed by atoms with Crippen LogP contribution in [-0.4, -0.2) is 18.1 Å². The van der Waals surface area contributed by atoms with Crippen molar-refractivity contribution < 1.29 is 4.79 Å². The summed E-state index contributed by atoms with van der Waals surface area (Å²) >= 11 is 4.84. The molecule has 0 heterocycles. The van der Waals surface area contributed by atoms with Crippen LogP contribution in [0.2, 0.25) is 0 Å². The molecule has 0 aliphatic heterocycles. The third kappa shape index (κ3) is 5.91. The van der Waals surface area contributed by atoms with Crippen molar-refractivity contribution in [1.82, 2.24) is 10.6 Å². The number of rotatable bonds is 5. The highest BCUT2D eigenvalue weighted by atomic mass is 32.1. The molecule has 0 aromatic carbocycles. The van der Waals surface area contributed by atoms with Crippen LogP contribution >= 0.6 is 12.2 Å². The quantitative estimate of drug-likeness (QED) is 0.689. The van der Waals surface area contributed by atoms with Crippen LogP contribution in [0.25, 0.3) is 0 Å². The molecular weight excluding hydrogens is 196 g/mol. The first kappa shape index (κ1) is 13.4. The minimum Gasteiger partial charge on any atom is -0.365 e. The van der Waals surface area contributed by atoms with Crippen LogP contribution < -0.4 is 10.6 Å². The van der Waals surface area contributed by atoms with Crippen molar-refractivity contribution in [1.29, 1.82) is 0 Å². The van der Waals surface area contributed by atoms with E-state index < -0.39 is 0 Å². The van der Waals surface area contributed by atoms with Gasteiger partial charge in [0.1, 0.15) is 0 Å². The van der Waals surface area contributed by atoms with E-state index in [9.17, 15) is 4.79 Å². The van der Waals surface area contributed by atoms with Crippen LogP contribution in [0.1, 0.15) is 39.5 Å². The number of carbonyl (C=O) groups excluding carboxylic acids is 1. The minimum absolute atomic E-state index is 0.0182. The van der Waals surface area contributed by atoms with Crippen molar-refractivity contribution in [3.8, 4) is 0 Å². The van der Waals surface area contributed by atoms with E-state index in [4.69, 9.17) is 12.2 Å². The number of amides is 1. The Kier molecular flexibility index (Phi) is 7.38. The van der Waals surface area contributed by atoms with Gasteiger partial charge in [0, 0.05) is 13.5 Å². The molecule has 4 heteroatoms. The van der Waals surface area contributed by atoms with Gasteiger partial charge in [-0.25, -0.2) is 0 Å². The van der Waals surface area contributed by atoms with Gasteiger partial charge in [-0.15, -0.1) is 0 Å². The molecule has 82 valence electrons. The molecule has 1 amide bonds. The van der Waals surface area contributed by atoms with Crippen LogP contribution in [-0.2, 0) is 4.79 Å². The van der Waals surface area contributed by atoms with Gasteiger partial charge in [0.25, 0.3) is 0 Å². The zero-order valence-electron chi connectivity index (χ0n) is 9.22. The molecule has 0 aliphatic rings. The maximum atomic E-state index is 11.4. The zero-order chi connectivity index (χ0) is 11.0. The third-order valence-electron chi connectivity index (χ3n) is 2.23. The molecule has 0 spiro atoms. The van der Waals surface area contributed by atoms with Gasteiger partial charge < -0.3 is 10.6 Å². The van der Waals surface area contributed by atoms with Gasteiger partial charge in [-0.2, -0.15) is 0 Å². The Hall–Kier alpha value is -0.640. The maximum absolute atomic E-state index is 11.4. The Morgan fingerprint density at radius 2 is 2.07 bits per heavy atom. The fourth-order valence-electron chi connectivity index (χ4n) is 1.36. The molecule has 0 aromatic heterocycles. The monoisotopic (exact) mass is 216 g/mol. The zero-order valence-corrected chi connectivity index (χ0v) is 10.0. The molecule has 0 aliphatic carbocycles. The van der Waals surface area contributed by atoms with Crippen LogP contribution in [0, 0.1) is 5.92 Å². The fourth-order valence-corrected chi connectivity index (χ4v) is 1.47. The number of carbonyl (C=O) groups is 1. The van der Waals surface area contributed by atoms with Crippen molar-refractivity contribution in [3.63, 3.8) is 0 Å². The molecule has 0 rings (SSSR count). The molecule has 0 aromatic rings. The van der Waals surface area contributed by atoms with Crippen LogP contribution in [0.5, 0.6) is 0 Å². The minimum atomic E-state index is 0.0182. The largest absolute Gasteiger partial charge is 0.365 e. The smallest absolute Gasteiger partial charge is 0.226 e. The second-order valence-electron chi connectivity index (χ2n) is 3.39. The summed E-state index contributed by atoms with van der Waals surface area (Å²) < 4.78 is 0. The molecular formula is C10H20N2OS. The van der Waals surface area contributed by atoms with Crippen LogP contribution in [0.4, 0.5) is 0 Å². The molecule has 1 atom stereocenters. The summed E-state index contributed by atoms with van der Waals surface area (Å²) in [5, 5.41) is 5.76. The summed E-state index contributed by atoms with van der Waals surface area (Å²) in [6.07, 6.45) is 3.86. The average Bonchev–Trinajstić information content (AvgIpc) is 2.16. The van der Waals surface area contributed by atoms with E-state index in [1.807, 2.05) is 0 Å². The molecule has 1 unspecified atom stereocenters. The second kappa shape index (κ2) is 7.74. The highest BCUT2D eigenvalue weighted by Gasteiger charge is 2.11. The van der Waals surface area contributed by atoms with Crippen LogP contribution in [0.15, 0.2) is 0 Å². The lowest BCUT2D eigenvalue weighted by Crippen LogP contribution is -2.37. The normalized spacial score (nSPS) is 11.9. The van der Waals surface area contributed by atoms with E-state index in [1.165, 1.54) is 0 Å². The Bertz CT molecular complexity index is 195. The molecule has 3 nitrogen and oxygen atoms in total. The Balaban J connectivity index is 3.84. The van der Waals surface area contributed by atoms with Crippen molar-refractivity contribution in [3.05, 3.63) is 0 Å². The number of nitrogens with one attached hydrogen (secondary N) is 2. The lowest BCUT2D eigenvalue weighted by atomic mass is 9.97. The van der Waals surface area contributed by atoms with Crippen molar-refractivity contribution >= 4 is 23.2 Å². The summed E-state index contributed by atoms with van der Waals surface area (Å²) in [7, 11) is 1.70. The summed E-state index contributed by atoms with van der Waals surface area (Å²) in [5.41, 5.74) is 0. The Labute approximate surface area is 91.6 Å². The summed E-state index contributed by atoms with van der Waals surface area (Å²) in [5.74, 6) is 0.504. The predicted octanol–water partition coefficient (Wildman–Crippen LogP) is 1.82. The van der Waals surface area contributed by atoms with E-state index in [0.29, 0.717) is 17.5 Å². The molecule has 0 saturated heterocycles. The number of hydrogen-bond acceptors (Lipinski definition) is 2. The van der Waals surface area contributed by atoms with Gasteiger partial charge in [0.2, 0.25) is 5.91 Å². The number of thiocarbonyl (C=S) groups is 1. The van der Waals surface area contributed by atoms with E-state index >= 15 is 0 Å². The van der Waals surface area contributed by atoms with Gasteiger partial charge in [-0.1, -0.05) is 33.1 Å². The standard InChI is InChI=1S/C10H20N2OS/c1-4-6-8(5-2)7-9(13)12-10(14)11-3/h8H,4-7H2,1-3H3,(H2,11,12,13,14). The van der Waals surface area contributed by atoms with Crippen LogP contribution in [0.3, 0.4) is 0 Å². The number of hydrogen-bond donors (Lipinski definition) is 2. The van der Waals surface area contributed by atoms with E-state index in [-0.39, 0.29) is 5.91 Å². The Morgan fingerprint density at radius 3 is 2.50 bits per heavy atom. The second-order valence-corrected chi connectivity index (χ2v) is 3.80. The van der Waals surface area contributed by atoms with E-state index in [2.05, 4.69) is 24.5 Å². The summed E-state index contributed by atoms with van der Waals surface area (Å²) in [6.45, 7) is 4.25. The van der Waals surface area contributed by atoms with Crippen molar-refractivity contribution in [2.75, 3.05) is 7.05 Å². The van der Waals surface area contributed by atoms with Gasteiger partial charge in [-0.3, -0.25) is 4.79 Å². The van der Waals surface area contributed by atoms with Gasteiger partial charge in [-0.05, 0) is 18.1 Å². The summed E-state index contributed by atoms with van der Waals surface area (Å²) in [4.78, 5) is 11.4. The van der Waals surface area contributed by atoms with E-state index in [0.717, 1.165) is 19.3 Å².